The Morgan fingerprint density at radius 1 is 1.17 bits per heavy atom. The van der Waals surface area contributed by atoms with E-state index in [1.807, 2.05) is 13.0 Å². The number of amides is 1. The molecule has 30 heavy (non-hydrogen) atoms. The zero-order valence-electron chi connectivity index (χ0n) is 16.2. The Labute approximate surface area is 171 Å². The molecule has 0 spiro atoms. The molecular weight excluding hydrogens is 388 g/mol. The second-order valence-corrected chi connectivity index (χ2v) is 7.33. The zero-order chi connectivity index (χ0) is 20.8. The van der Waals surface area contributed by atoms with Gasteiger partial charge in [0.1, 0.15) is 23.8 Å². The van der Waals surface area contributed by atoms with Crippen molar-refractivity contribution in [3.05, 3.63) is 83.0 Å². The van der Waals surface area contributed by atoms with Gasteiger partial charge in [-0.1, -0.05) is 18.2 Å². The van der Waals surface area contributed by atoms with Crippen LogP contribution in [0.5, 0.6) is 0 Å². The number of rotatable bonds is 3. The van der Waals surface area contributed by atoms with E-state index in [9.17, 15) is 13.6 Å². The summed E-state index contributed by atoms with van der Waals surface area (Å²) < 4.78 is 29.7. The van der Waals surface area contributed by atoms with Gasteiger partial charge in [0.15, 0.2) is 0 Å². The summed E-state index contributed by atoms with van der Waals surface area (Å²) >= 11 is 0. The first kappa shape index (κ1) is 18.5. The topological polar surface area (TPSA) is 71.8 Å². The molecule has 8 heteroatoms. The highest BCUT2D eigenvalue weighted by Crippen LogP contribution is 2.50. The summed E-state index contributed by atoms with van der Waals surface area (Å²) in [6.07, 6.45) is 3.45. The van der Waals surface area contributed by atoms with E-state index in [1.54, 1.807) is 16.8 Å². The lowest BCUT2D eigenvalue weighted by Gasteiger charge is -2.37. The van der Waals surface area contributed by atoms with Gasteiger partial charge in [-0.2, -0.15) is 5.10 Å². The highest BCUT2D eigenvalue weighted by molar-refractivity contribution is 6.04. The van der Waals surface area contributed by atoms with Crippen LogP contribution in [0.25, 0.3) is 5.57 Å². The molecule has 2 aliphatic rings. The molecule has 2 N–H and O–H groups in total. The minimum absolute atomic E-state index is 0.284. The normalized spacial score (nSPS) is 20.0. The minimum Gasteiger partial charge on any atom is -0.377 e. The van der Waals surface area contributed by atoms with Crippen molar-refractivity contribution < 1.29 is 13.6 Å². The molecule has 2 atom stereocenters. The summed E-state index contributed by atoms with van der Waals surface area (Å²) in [7, 11) is 0. The van der Waals surface area contributed by atoms with Crippen molar-refractivity contribution in [1.82, 2.24) is 20.1 Å². The maximum Gasteiger partial charge on any atom is 0.252 e. The predicted octanol–water partition coefficient (Wildman–Crippen LogP) is 3.65. The zero-order valence-corrected chi connectivity index (χ0v) is 16.2. The molecule has 1 amide bonds. The van der Waals surface area contributed by atoms with Crippen LogP contribution in [-0.4, -0.2) is 27.2 Å². The highest BCUT2D eigenvalue weighted by atomic mass is 19.1. The van der Waals surface area contributed by atoms with Crippen LogP contribution in [-0.2, 0) is 6.54 Å². The maximum atomic E-state index is 14.4. The average Bonchev–Trinajstić information content (AvgIpc) is 3.14. The molecule has 6 nitrogen and oxygen atoms in total. The monoisotopic (exact) mass is 407 g/mol. The van der Waals surface area contributed by atoms with Crippen molar-refractivity contribution in [2.45, 2.75) is 25.4 Å². The van der Waals surface area contributed by atoms with Crippen molar-refractivity contribution in [1.29, 1.82) is 0 Å². The van der Waals surface area contributed by atoms with Gasteiger partial charge in [-0.15, -0.1) is 0 Å². The van der Waals surface area contributed by atoms with E-state index in [2.05, 4.69) is 20.7 Å². The Morgan fingerprint density at radius 2 is 1.97 bits per heavy atom. The number of hydrogen-bond donors (Lipinski definition) is 2. The number of carbonyl (C=O) groups excluding carboxylic acids is 1. The molecule has 0 saturated carbocycles. The molecule has 1 aromatic heterocycles. The number of anilines is 1. The van der Waals surface area contributed by atoms with E-state index in [0.717, 1.165) is 17.0 Å². The first-order valence-corrected chi connectivity index (χ1v) is 9.78. The number of hydrogen-bond acceptors (Lipinski definition) is 4. The van der Waals surface area contributed by atoms with Crippen LogP contribution < -0.4 is 10.6 Å². The molecule has 3 heterocycles. The number of aromatic nitrogens is 3. The summed E-state index contributed by atoms with van der Waals surface area (Å²) in [4.78, 5) is 17.1. The van der Waals surface area contributed by atoms with E-state index in [-0.39, 0.29) is 29.2 Å². The SMILES string of the molecule is CCn1ncnc1C1C2=CCNC(=O)c3cc(F)cc(c32)NC1c1ccc(F)cc1. The number of carbonyl (C=O) groups is 1. The van der Waals surface area contributed by atoms with Gasteiger partial charge < -0.3 is 10.6 Å². The fraction of sp³-hybridized carbons (Fsp3) is 0.227. The maximum absolute atomic E-state index is 14.4. The first-order valence-electron chi connectivity index (χ1n) is 9.78. The highest BCUT2D eigenvalue weighted by Gasteiger charge is 2.40. The standard InChI is InChI=1S/C22H19F2N5O/c1-2-29-21(26-11-27-29)19-15-7-8-25-22(30)16-9-14(24)10-17(18(15)16)28-20(19)12-3-5-13(23)6-4-12/h3-7,9-11,19-20,28H,2,8H2,1H3,(H,25,30). The summed E-state index contributed by atoms with van der Waals surface area (Å²) in [6, 6.07) is 8.52. The van der Waals surface area contributed by atoms with Crippen molar-refractivity contribution in [3.8, 4) is 0 Å². The second kappa shape index (κ2) is 7.05. The van der Waals surface area contributed by atoms with Gasteiger partial charge in [0.25, 0.3) is 5.91 Å². The fourth-order valence-electron chi connectivity index (χ4n) is 4.37. The third kappa shape index (κ3) is 2.87. The molecule has 5 rings (SSSR count). The molecule has 0 aliphatic carbocycles. The van der Waals surface area contributed by atoms with Crippen LogP contribution in [0.2, 0.25) is 0 Å². The van der Waals surface area contributed by atoms with Crippen molar-refractivity contribution >= 4 is 17.2 Å². The van der Waals surface area contributed by atoms with Gasteiger partial charge in [-0.25, -0.2) is 18.4 Å². The van der Waals surface area contributed by atoms with E-state index in [4.69, 9.17) is 0 Å². The number of nitrogens with zero attached hydrogens (tertiary/aromatic N) is 3. The van der Waals surface area contributed by atoms with Gasteiger partial charge in [-0.3, -0.25) is 4.79 Å². The van der Waals surface area contributed by atoms with Crippen molar-refractivity contribution in [2.75, 3.05) is 11.9 Å². The summed E-state index contributed by atoms with van der Waals surface area (Å²) in [5.74, 6) is -0.737. The summed E-state index contributed by atoms with van der Waals surface area (Å²) in [5.41, 5.74) is 3.18. The van der Waals surface area contributed by atoms with E-state index in [0.29, 0.717) is 24.3 Å². The lowest BCUT2D eigenvalue weighted by molar-refractivity contribution is 0.0958. The van der Waals surface area contributed by atoms with Crippen LogP contribution in [0.4, 0.5) is 14.5 Å². The van der Waals surface area contributed by atoms with E-state index < -0.39 is 5.82 Å². The van der Waals surface area contributed by atoms with Crippen LogP contribution >= 0.6 is 0 Å². The van der Waals surface area contributed by atoms with Gasteiger partial charge in [0.2, 0.25) is 0 Å². The van der Waals surface area contributed by atoms with Crippen molar-refractivity contribution in [2.24, 2.45) is 0 Å². The predicted molar refractivity (Wildman–Crippen MR) is 108 cm³/mol. The smallest absolute Gasteiger partial charge is 0.252 e. The Kier molecular flexibility index (Phi) is 4.34. The van der Waals surface area contributed by atoms with Gasteiger partial charge in [-0.05, 0) is 42.3 Å². The average molecular weight is 407 g/mol. The summed E-state index contributed by atoms with van der Waals surface area (Å²) in [6.45, 7) is 2.91. The van der Waals surface area contributed by atoms with Crippen LogP contribution in [0.15, 0.2) is 48.8 Å². The molecule has 0 saturated heterocycles. The van der Waals surface area contributed by atoms with E-state index in [1.165, 1.54) is 30.6 Å². The Balaban J connectivity index is 1.77. The molecule has 3 aromatic rings. The number of halogens is 2. The number of aryl methyl sites for hydroxylation is 1. The minimum atomic E-state index is -0.499. The van der Waals surface area contributed by atoms with Gasteiger partial charge in [0.05, 0.1) is 17.5 Å². The third-order valence-electron chi connectivity index (χ3n) is 5.65. The van der Waals surface area contributed by atoms with Gasteiger partial charge in [0, 0.05) is 24.3 Å². The molecule has 0 radical (unpaired) electrons. The molecule has 2 aromatic carbocycles. The van der Waals surface area contributed by atoms with Crippen LogP contribution in [0.1, 0.15) is 46.2 Å². The van der Waals surface area contributed by atoms with Gasteiger partial charge >= 0.3 is 0 Å². The first-order chi connectivity index (χ1) is 14.6. The fourth-order valence-corrected chi connectivity index (χ4v) is 4.37. The Bertz CT molecular complexity index is 1170. The third-order valence-corrected chi connectivity index (χ3v) is 5.65. The molecule has 0 bridgehead atoms. The summed E-state index contributed by atoms with van der Waals surface area (Å²) in [5, 5.41) is 10.5. The molecular formula is C22H19F2N5O. The molecule has 0 fully saturated rings. The Morgan fingerprint density at radius 3 is 2.73 bits per heavy atom. The quantitative estimate of drug-likeness (QED) is 0.695. The van der Waals surface area contributed by atoms with E-state index >= 15 is 0 Å². The largest absolute Gasteiger partial charge is 0.377 e. The lowest BCUT2D eigenvalue weighted by Crippen LogP contribution is -2.29. The van der Waals surface area contributed by atoms with Crippen LogP contribution in [0.3, 0.4) is 0 Å². The molecule has 2 aliphatic heterocycles. The lowest BCUT2D eigenvalue weighted by atomic mass is 9.77. The molecule has 152 valence electrons. The van der Waals surface area contributed by atoms with Crippen molar-refractivity contribution in [3.63, 3.8) is 0 Å². The Hall–Kier alpha value is -3.55. The van der Waals surface area contributed by atoms with Crippen LogP contribution in [0, 0.1) is 11.6 Å². The molecule has 2 unspecified atom stereocenters. The second-order valence-electron chi connectivity index (χ2n) is 7.33. The number of nitrogens with one attached hydrogen (secondary N) is 2. The number of benzene rings is 2.